The van der Waals surface area contributed by atoms with E-state index in [9.17, 15) is 18.0 Å². The van der Waals surface area contributed by atoms with Crippen LogP contribution in [0.1, 0.15) is 18.4 Å². The first-order valence-corrected chi connectivity index (χ1v) is 12.5. The van der Waals surface area contributed by atoms with Gasteiger partial charge < -0.3 is 15.2 Å². The third-order valence-electron chi connectivity index (χ3n) is 5.93. The number of carbonyl (C=O) groups is 2. The molecule has 174 valence electrons. The van der Waals surface area contributed by atoms with Gasteiger partial charge in [-0.1, -0.05) is 36.4 Å². The minimum Gasteiger partial charge on any atom is -0.361 e. The Morgan fingerprint density at radius 2 is 1.61 bits per heavy atom. The van der Waals surface area contributed by atoms with E-state index >= 15 is 0 Å². The Kier molecular flexibility index (Phi) is 7.10. The molecular weight excluding hydrogens is 440 g/mol. The maximum Gasteiger partial charge on any atom is 0.243 e. The molecule has 2 aromatic carbocycles. The molecule has 0 aliphatic carbocycles. The first-order valence-electron chi connectivity index (χ1n) is 11.1. The van der Waals surface area contributed by atoms with E-state index in [0.29, 0.717) is 26.1 Å². The Balaban J connectivity index is 1.18. The average molecular weight is 469 g/mol. The van der Waals surface area contributed by atoms with Crippen molar-refractivity contribution in [1.29, 1.82) is 0 Å². The molecule has 1 fully saturated rings. The Morgan fingerprint density at radius 1 is 0.909 bits per heavy atom. The van der Waals surface area contributed by atoms with E-state index in [-0.39, 0.29) is 42.6 Å². The van der Waals surface area contributed by atoms with E-state index in [1.165, 1.54) is 4.31 Å². The van der Waals surface area contributed by atoms with Gasteiger partial charge in [0, 0.05) is 62.7 Å². The summed E-state index contributed by atoms with van der Waals surface area (Å²) in [5.74, 6) is -0.285. The molecule has 1 aromatic heterocycles. The highest BCUT2D eigenvalue weighted by atomic mass is 32.2. The molecule has 2 N–H and O–H groups in total. The highest BCUT2D eigenvalue weighted by Crippen LogP contribution is 2.19. The molecule has 4 rings (SSSR count). The standard InChI is InChI=1S/C24H28N4O4S/c29-23(25-13-12-19-18-26-22-9-5-4-8-21(19)22)10-11-24(30)27-14-16-28(17-15-27)33(31,32)20-6-2-1-3-7-20/h1-9,18,26H,10-17H2,(H,25,29). The van der Waals surface area contributed by atoms with Gasteiger partial charge in [-0.2, -0.15) is 4.31 Å². The Morgan fingerprint density at radius 3 is 2.36 bits per heavy atom. The summed E-state index contributed by atoms with van der Waals surface area (Å²) in [6.45, 7) is 1.66. The van der Waals surface area contributed by atoms with Crippen LogP contribution in [0.3, 0.4) is 0 Å². The molecule has 0 spiro atoms. The van der Waals surface area contributed by atoms with Gasteiger partial charge in [0.15, 0.2) is 0 Å². The minimum atomic E-state index is -3.55. The van der Waals surface area contributed by atoms with Crippen LogP contribution in [0.25, 0.3) is 10.9 Å². The second-order valence-corrected chi connectivity index (χ2v) is 10.00. The summed E-state index contributed by atoms with van der Waals surface area (Å²) < 4.78 is 26.8. The molecule has 1 saturated heterocycles. The number of piperazine rings is 1. The summed E-state index contributed by atoms with van der Waals surface area (Å²) in [6.07, 6.45) is 2.90. The molecule has 0 atom stereocenters. The summed E-state index contributed by atoms with van der Waals surface area (Å²) in [4.78, 5) is 29.8. The first-order chi connectivity index (χ1) is 15.9. The lowest BCUT2D eigenvalue weighted by Gasteiger charge is -2.34. The smallest absolute Gasteiger partial charge is 0.243 e. The van der Waals surface area contributed by atoms with Crippen LogP contribution in [0.4, 0.5) is 0 Å². The fraction of sp³-hybridized carbons (Fsp3) is 0.333. The van der Waals surface area contributed by atoms with E-state index in [4.69, 9.17) is 0 Å². The number of nitrogens with zero attached hydrogens (tertiary/aromatic N) is 2. The zero-order valence-corrected chi connectivity index (χ0v) is 19.2. The van der Waals surface area contributed by atoms with Crippen LogP contribution >= 0.6 is 0 Å². The molecule has 33 heavy (non-hydrogen) atoms. The molecule has 0 unspecified atom stereocenters. The lowest BCUT2D eigenvalue weighted by atomic mass is 10.1. The number of amides is 2. The second kappa shape index (κ2) is 10.2. The van der Waals surface area contributed by atoms with Crippen molar-refractivity contribution in [3.63, 3.8) is 0 Å². The lowest BCUT2D eigenvalue weighted by Crippen LogP contribution is -2.50. The largest absolute Gasteiger partial charge is 0.361 e. The van der Waals surface area contributed by atoms with E-state index < -0.39 is 10.0 Å². The Hall–Kier alpha value is -3.17. The summed E-state index contributed by atoms with van der Waals surface area (Å²) in [5.41, 5.74) is 2.21. The average Bonchev–Trinajstić information content (AvgIpc) is 3.26. The zero-order valence-electron chi connectivity index (χ0n) is 18.4. The number of hydrogen-bond donors (Lipinski definition) is 2. The normalized spacial score (nSPS) is 15.0. The fourth-order valence-corrected chi connectivity index (χ4v) is 5.50. The van der Waals surface area contributed by atoms with Crippen molar-refractivity contribution in [3.05, 3.63) is 66.4 Å². The third kappa shape index (κ3) is 5.43. The molecule has 0 radical (unpaired) electrons. The molecule has 0 saturated carbocycles. The van der Waals surface area contributed by atoms with Crippen molar-refractivity contribution in [3.8, 4) is 0 Å². The predicted octanol–water partition coefficient (Wildman–Crippen LogP) is 2.14. The monoisotopic (exact) mass is 468 g/mol. The van der Waals surface area contributed by atoms with Gasteiger partial charge in [-0.25, -0.2) is 8.42 Å². The van der Waals surface area contributed by atoms with Crippen molar-refractivity contribution < 1.29 is 18.0 Å². The van der Waals surface area contributed by atoms with Crippen LogP contribution in [-0.2, 0) is 26.0 Å². The molecule has 2 amide bonds. The van der Waals surface area contributed by atoms with Gasteiger partial charge in [0.25, 0.3) is 0 Å². The topological polar surface area (TPSA) is 103 Å². The minimum absolute atomic E-state index is 0.115. The molecule has 9 heteroatoms. The number of fused-ring (bicyclic) bond motifs is 1. The SMILES string of the molecule is O=C(CCC(=O)N1CCN(S(=O)(=O)c2ccccc2)CC1)NCCc1c[nH]c2ccccc12. The van der Waals surface area contributed by atoms with Gasteiger partial charge >= 0.3 is 0 Å². The van der Waals surface area contributed by atoms with Crippen LogP contribution in [-0.4, -0.2) is 67.1 Å². The second-order valence-electron chi connectivity index (χ2n) is 8.06. The van der Waals surface area contributed by atoms with E-state index in [0.717, 1.165) is 16.5 Å². The van der Waals surface area contributed by atoms with Crippen LogP contribution in [0.15, 0.2) is 65.7 Å². The van der Waals surface area contributed by atoms with Gasteiger partial charge in [-0.15, -0.1) is 0 Å². The highest BCUT2D eigenvalue weighted by Gasteiger charge is 2.29. The van der Waals surface area contributed by atoms with Gasteiger partial charge in [0.1, 0.15) is 0 Å². The number of rotatable bonds is 8. The maximum absolute atomic E-state index is 12.7. The summed E-state index contributed by atoms with van der Waals surface area (Å²) in [6, 6.07) is 16.3. The Labute approximate surface area is 193 Å². The number of para-hydroxylation sites is 1. The number of nitrogens with one attached hydrogen (secondary N) is 2. The van der Waals surface area contributed by atoms with Crippen molar-refractivity contribution in [2.75, 3.05) is 32.7 Å². The van der Waals surface area contributed by atoms with E-state index in [1.54, 1.807) is 35.2 Å². The van der Waals surface area contributed by atoms with Crippen LogP contribution < -0.4 is 5.32 Å². The first kappa shape index (κ1) is 23.0. The van der Waals surface area contributed by atoms with Crippen molar-refractivity contribution >= 4 is 32.7 Å². The molecule has 1 aliphatic heterocycles. The van der Waals surface area contributed by atoms with Gasteiger partial charge in [0.05, 0.1) is 4.90 Å². The predicted molar refractivity (Wildman–Crippen MR) is 126 cm³/mol. The van der Waals surface area contributed by atoms with E-state index in [2.05, 4.69) is 10.3 Å². The molecule has 2 heterocycles. The third-order valence-corrected chi connectivity index (χ3v) is 7.84. The molecule has 0 bridgehead atoms. The molecule has 1 aliphatic rings. The van der Waals surface area contributed by atoms with Crippen molar-refractivity contribution in [2.24, 2.45) is 0 Å². The number of H-pyrrole nitrogens is 1. The van der Waals surface area contributed by atoms with Gasteiger partial charge in [-0.3, -0.25) is 9.59 Å². The van der Waals surface area contributed by atoms with Crippen LogP contribution in [0.5, 0.6) is 0 Å². The summed E-state index contributed by atoms with van der Waals surface area (Å²) >= 11 is 0. The Bertz CT molecular complexity index is 1220. The maximum atomic E-state index is 12.7. The highest BCUT2D eigenvalue weighted by molar-refractivity contribution is 7.89. The zero-order chi connectivity index (χ0) is 23.3. The number of benzene rings is 2. The van der Waals surface area contributed by atoms with Gasteiger partial charge in [-0.05, 0) is 30.2 Å². The quantitative estimate of drug-likeness (QED) is 0.529. The molecule has 3 aromatic rings. The number of aromatic nitrogens is 1. The number of carbonyl (C=O) groups excluding carboxylic acids is 2. The molecular formula is C24H28N4O4S. The fourth-order valence-electron chi connectivity index (χ4n) is 4.06. The van der Waals surface area contributed by atoms with Crippen LogP contribution in [0, 0.1) is 0 Å². The number of sulfonamides is 1. The van der Waals surface area contributed by atoms with E-state index in [1.807, 2.05) is 30.5 Å². The number of aromatic amines is 1. The molecule has 8 nitrogen and oxygen atoms in total. The summed E-state index contributed by atoms with van der Waals surface area (Å²) in [7, 11) is -3.55. The van der Waals surface area contributed by atoms with Crippen molar-refractivity contribution in [1.82, 2.24) is 19.5 Å². The lowest BCUT2D eigenvalue weighted by molar-refractivity contribution is -0.134. The van der Waals surface area contributed by atoms with Crippen molar-refractivity contribution in [2.45, 2.75) is 24.2 Å². The van der Waals surface area contributed by atoms with Crippen LogP contribution in [0.2, 0.25) is 0 Å². The number of hydrogen-bond acceptors (Lipinski definition) is 4. The van der Waals surface area contributed by atoms with Gasteiger partial charge in [0.2, 0.25) is 21.8 Å². The summed E-state index contributed by atoms with van der Waals surface area (Å²) in [5, 5.41) is 4.03.